The smallest absolute Gasteiger partial charge is 0.346 e. The Hall–Kier alpha value is -1.54. The van der Waals surface area contributed by atoms with Gasteiger partial charge >= 0.3 is 17.9 Å². The van der Waals surface area contributed by atoms with E-state index in [2.05, 4.69) is 72.7 Å². The number of hydrogen-bond donors (Lipinski definition) is 0. The fourth-order valence-corrected chi connectivity index (χ4v) is 5.94. The second kappa shape index (κ2) is 9.29. The van der Waals surface area contributed by atoms with Crippen molar-refractivity contribution in [2.45, 2.75) is 123 Å². The molecule has 0 amide bonds. The number of hydrogen-bond acceptors (Lipinski definition) is 8. The van der Waals surface area contributed by atoms with E-state index in [1.54, 1.807) is 20.8 Å². The SMILES string of the molecule is CC(C)(C)C(=O)O[C@@]12O[C@H](CO[Si](C)(C)C(C)(C)C)[C@@H](O[Si](C)(C)C(C)(C)C)[C@@H]1Oc1nc(=O)ccn12. The molecule has 1 fully saturated rings. The fraction of sp³-hybridized carbons (Fsp3) is 0.808. The first-order valence-electron chi connectivity index (χ1n) is 13.0. The lowest BCUT2D eigenvalue weighted by atomic mass is 9.97. The van der Waals surface area contributed by atoms with Gasteiger partial charge < -0.3 is 23.1 Å². The predicted molar refractivity (Wildman–Crippen MR) is 147 cm³/mol. The van der Waals surface area contributed by atoms with Gasteiger partial charge in [0.15, 0.2) is 16.6 Å². The first-order chi connectivity index (χ1) is 16.5. The summed E-state index contributed by atoms with van der Waals surface area (Å²) in [6.45, 7) is 27.3. The molecular weight excluding hydrogens is 508 g/mol. The van der Waals surface area contributed by atoms with E-state index in [1.807, 2.05) is 0 Å². The number of aromatic nitrogens is 2. The highest BCUT2D eigenvalue weighted by Gasteiger charge is 2.68. The maximum Gasteiger partial charge on any atom is 0.346 e. The standard InChI is InChI=1S/C26H46N2O7Si2/c1-23(2,3)21(30)34-26-20(32-22-27-18(29)14-15-28(22)26)19(35-37(12,13)25(7,8)9)17(33-26)16-31-36(10,11)24(4,5)6/h14-15,17,19-20H,16H2,1-13H3/t17-,19-,20+,26+/m1/s1. The summed E-state index contributed by atoms with van der Waals surface area (Å²) < 4.78 is 34.0. The van der Waals surface area contributed by atoms with E-state index < -0.39 is 57.8 Å². The van der Waals surface area contributed by atoms with E-state index in [1.165, 1.54) is 16.8 Å². The zero-order valence-electron chi connectivity index (χ0n) is 24.8. The summed E-state index contributed by atoms with van der Waals surface area (Å²) in [6.07, 6.45) is -0.555. The molecule has 2 aliphatic rings. The van der Waals surface area contributed by atoms with Crippen LogP contribution in [0.15, 0.2) is 17.1 Å². The average Bonchev–Trinajstić information content (AvgIpc) is 3.14. The lowest BCUT2D eigenvalue weighted by Crippen LogP contribution is -2.53. The van der Waals surface area contributed by atoms with Crippen molar-refractivity contribution in [1.82, 2.24) is 9.55 Å². The summed E-state index contributed by atoms with van der Waals surface area (Å²) in [5, 5.41) is -0.0931. The summed E-state index contributed by atoms with van der Waals surface area (Å²) in [7, 11) is -4.48. The molecule has 0 N–H and O–H groups in total. The Kier molecular flexibility index (Phi) is 7.53. The molecule has 0 bridgehead atoms. The summed E-state index contributed by atoms with van der Waals surface area (Å²) in [6, 6.07) is 1.33. The van der Waals surface area contributed by atoms with Gasteiger partial charge in [-0.3, -0.25) is 9.59 Å². The first kappa shape index (κ1) is 30.0. The zero-order chi connectivity index (χ0) is 28.4. The normalized spacial score (nSPS) is 26.5. The van der Waals surface area contributed by atoms with E-state index in [0.29, 0.717) is 0 Å². The molecule has 3 rings (SSSR count). The van der Waals surface area contributed by atoms with Crippen molar-refractivity contribution >= 4 is 22.6 Å². The van der Waals surface area contributed by atoms with Crippen LogP contribution in [0.25, 0.3) is 0 Å². The number of carbonyl (C=O) groups excluding carboxylic acids is 1. The van der Waals surface area contributed by atoms with Crippen molar-refractivity contribution in [2.75, 3.05) is 6.61 Å². The average molecular weight is 555 g/mol. The van der Waals surface area contributed by atoms with Crippen LogP contribution in [0.3, 0.4) is 0 Å². The molecular formula is C26H46N2O7Si2. The van der Waals surface area contributed by atoms with Gasteiger partial charge in [-0.2, -0.15) is 4.98 Å². The van der Waals surface area contributed by atoms with Crippen molar-refractivity contribution < 1.29 is 27.9 Å². The molecule has 0 aromatic carbocycles. The number of carbonyl (C=O) groups is 1. The van der Waals surface area contributed by atoms with Gasteiger partial charge in [0.1, 0.15) is 12.2 Å². The number of fused-ring (bicyclic) bond motifs is 3. The molecule has 1 aromatic rings. The zero-order valence-corrected chi connectivity index (χ0v) is 26.8. The van der Waals surface area contributed by atoms with Gasteiger partial charge in [0, 0.05) is 12.3 Å². The van der Waals surface area contributed by atoms with Crippen molar-refractivity contribution in [2.24, 2.45) is 5.41 Å². The van der Waals surface area contributed by atoms with Crippen LogP contribution in [-0.4, -0.2) is 57.1 Å². The monoisotopic (exact) mass is 554 g/mol. The van der Waals surface area contributed by atoms with Gasteiger partial charge in [-0.25, -0.2) is 4.57 Å². The quantitative estimate of drug-likeness (QED) is 0.357. The van der Waals surface area contributed by atoms with Gasteiger partial charge in [-0.1, -0.05) is 41.5 Å². The number of esters is 1. The van der Waals surface area contributed by atoms with Gasteiger partial charge in [0.2, 0.25) is 6.10 Å². The molecule has 1 saturated heterocycles. The van der Waals surface area contributed by atoms with Crippen LogP contribution in [0.5, 0.6) is 6.01 Å². The number of ether oxygens (including phenoxy) is 3. The Balaban J connectivity index is 2.10. The van der Waals surface area contributed by atoms with E-state index in [9.17, 15) is 9.59 Å². The minimum absolute atomic E-state index is 0.0000556. The molecule has 0 spiro atoms. The molecule has 210 valence electrons. The Morgan fingerprint density at radius 2 is 1.59 bits per heavy atom. The van der Waals surface area contributed by atoms with E-state index >= 15 is 0 Å². The second-order valence-electron chi connectivity index (χ2n) is 14.3. The Morgan fingerprint density at radius 1 is 1.03 bits per heavy atom. The lowest BCUT2D eigenvalue weighted by molar-refractivity contribution is -0.283. The molecule has 37 heavy (non-hydrogen) atoms. The van der Waals surface area contributed by atoms with Crippen LogP contribution in [0.4, 0.5) is 0 Å². The molecule has 0 aliphatic carbocycles. The largest absolute Gasteiger partial charge is 0.449 e. The molecule has 4 atom stereocenters. The second-order valence-corrected chi connectivity index (χ2v) is 23.9. The molecule has 9 nitrogen and oxygen atoms in total. The predicted octanol–water partition coefficient (Wildman–Crippen LogP) is 5.01. The molecule has 3 heterocycles. The third-order valence-corrected chi connectivity index (χ3v) is 17.2. The van der Waals surface area contributed by atoms with Crippen LogP contribution >= 0.6 is 0 Å². The molecule has 11 heteroatoms. The molecule has 1 aromatic heterocycles. The van der Waals surface area contributed by atoms with Crippen LogP contribution in [0, 0.1) is 5.41 Å². The third kappa shape index (κ3) is 5.61. The summed E-state index contributed by atoms with van der Waals surface area (Å²) in [4.78, 5) is 29.3. The van der Waals surface area contributed by atoms with E-state index in [0.717, 1.165) is 0 Å². The highest BCUT2D eigenvalue weighted by molar-refractivity contribution is 6.74. The Bertz CT molecular complexity index is 1080. The maximum absolute atomic E-state index is 13.2. The van der Waals surface area contributed by atoms with Gasteiger partial charge in [-0.15, -0.1) is 0 Å². The van der Waals surface area contributed by atoms with E-state index in [4.69, 9.17) is 23.1 Å². The molecule has 0 radical (unpaired) electrons. The van der Waals surface area contributed by atoms with Gasteiger partial charge in [-0.05, 0) is 57.0 Å². The van der Waals surface area contributed by atoms with Crippen LogP contribution in [-0.2, 0) is 29.0 Å². The van der Waals surface area contributed by atoms with Crippen LogP contribution < -0.4 is 10.3 Å². The topological polar surface area (TPSA) is 98.1 Å². The van der Waals surface area contributed by atoms with Crippen molar-refractivity contribution in [3.8, 4) is 6.01 Å². The molecule has 0 saturated carbocycles. The molecule has 0 unspecified atom stereocenters. The summed E-state index contributed by atoms with van der Waals surface area (Å²) >= 11 is 0. The fourth-order valence-electron chi connectivity index (χ4n) is 3.62. The maximum atomic E-state index is 13.2. The van der Waals surface area contributed by atoms with Crippen LogP contribution in [0.1, 0.15) is 62.3 Å². The first-order valence-corrected chi connectivity index (χ1v) is 18.8. The number of rotatable bonds is 6. The third-order valence-electron chi connectivity index (χ3n) is 8.19. The Morgan fingerprint density at radius 3 is 2.11 bits per heavy atom. The van der Waals surface area contributed by atoms with Crippen molar-refractivity contribution in [3.63, 3.8) is 0 Å². The lowest BCUT2D eigenvalue weighted by Gasteiger charge is -2.41. The summed E-state index contributed by atoms with van der Waals surface area (Å²) in [5.41, 5.74) is -1.26. The highest BCUT2D eigenvalue weighted by Crippen LogP contribution is 2.50. The summed E-state index contributed by atoms with van der Waals surface area (Å²) in [5.74, 6) is -2.14. The number of nitrogens with zero attached hydrogens (tertiary/aromatic N) is 2. The highest BCUT2D eigenvalue weighted by atomic mass is 28.4. The van der Waals surface area contributed by atoms with Gasteiger partial charge in [0.25, 0.3) is 5.56 Å². The Labute approximate surface area is 223 Å². The minimum atomic E-state index is -2.34. The van der Waals surface area contributed by atoms with E-state index in [-0.39, 0.29) is 22.7 Å². The molecule has 2 aliphatic heterocycles. The van der Waals surface area contributed by atoms with Crippen molar-refractivity contribution in [1.29, 1.82) is 0 Å². The minimum Gasteiger partial charge on any atom is -0.449 e. The van der Waals surface area contributed by atoms with Crippen LogP contribution in [0.2, 0.25) is 36.3 Å². The van der Waals surface area contributed by atoms with Gasteiger partial charge in [0.05, 0.1) is 12.0 Å². The van der Waals surface area contributed by atoms with Crippen molar-refractivity contribution in [3.05, 3.63) is 22.6 Å².